The van der Waals surface area contributed by atoms with E-state index in [1.807, 2.05) is 0 Å². The standard InChI is InChI=1S/C21H13F5NO/c1-14-17(20(22,23)21(24,25)26)12-18(16-10-6-3-7-11-16)27(19(14)28)13-15-8-4-2-5-9-15/h2-12H,13H2. The Labute approximate surface area is 157 Å². The van der Waals surface area contributed by atoms with Gasteiger partial charge in [-0.25, -0.2) is 0 Å². The first kappa shape index (κ1) is 19.8. The van der Waals surface area contributed by atoms with Crippen LogP contribution in [0.25, 0.3) is 11.3 Å². The summed E-state index contributed by atoms with van der Waals surface area (Å²) in [6, 6.07) is 16.9. The van der Waals surface area contributed by atoms with Crippen LogP contribution in [-0.4, -0.2) is 10.7 Å². The zero-order valence-corrected chi connectivity index (χ0v) is 14.3. The van der Waals surface area contributed by atoms with Crippen molar-refractivity contribution in [2.45, 2.75) is 18.6 Å². The minimum absolute atomic E-state index is 0.0757. The van der Waals surface area contributed by atoms with Crippen LogP contribution in [0.5, 0.6) is 0 Å². The molecule has 0 aliphatic carbocycles. The van der Waals surface area contributed by atoms with Crippen LogP contribution in [-0.2, 0) is 12.5 Å². The third kappa shape index (κ3) is 3.56. The predicted octanol–water partition coefficient (Wildman–Crippen LogP) is 5.15. The van der Waals surface area contributed by atoms with Gasteiger partial charge in [0.25, 0.3) is 5.56 Å². The van der Waals surface area contributed by atoms with Crippen molar-refractivity contribution in [3.05, 3.63) is 101 Å². The molecule has 0 aliphatic rings. The first-order valence-corrected chi connectivity index (χ1v) is 8.16. The quantitative estimate of drug-likeness (QED) is 0.565. The van der Waals surface area contributed by atoms with Crippen LogP contribution in [0, 0.1) is 6.92 Å². The van der Waals surface area contributed by atoms with Gasteiger partial charge < -0.3 is 4.57 Å². The van der Waals surface area contributed by atoms with Crippen molar-refractivity contribution in [3.8, 4) is 11.3 Å². The third-order valence-corrected chi connectivity index (χ3v) is 4.25. The minimum atomic E-state index is -5.92. The molecule has 0 atom stereocenters. The number of alkyl halides is 5. The van der Waals surface area contributed by atoms with Gasteiger partial charge in [-0.05, 0) is 17.2 Å². The Kier molecular flexibility index (Phi) is 5.10. The second-order valence-corrected chi connectivity index (χ2v) is 6.13. The molecule has 0 fully saturated rings. The molecule has 0 unspecified atom stereocenters. The van der Waals surface area contributed by atoms with Crippen LogP contribution in [0.2, 0.25) is 0 Å². The molecule has 1 heterocycles. The van der Waals surface area contributed by atoms with Gasteiger partial charge in [0.15, 0.2) is 0 Å². The van der Waals surface area contributed by atoms with E-state index >= 15 is 0 Å². The van der Waals surface area contributed by atoms with Crippen LogP contribution in [0.1, 0.15) is 16.7 Å². The van der Waals surface area contributed by atoms with E-state index in [1.165, 1.54) is 12.1 Å². The van der Waals surface area contributed by atoms with E-state index in [0.29, 0.717) is 11.6 Å². The molecule has 143 valence electrons. The molecule has 3 radical (unpaired) electrons. The Morgan fingerprint density at radius 1 is 0.857 bits per heavy atom. The number of halogens is 5. The van der Waals surface area contributed by atoms with Crippen LogP contribution >= 0.6 is 0 Å². The molecule has 3 aromatic rings. The van der Waals surface area contributed by atoms with E-state index < -0.39 is 28.8 Å². The third-order valence-electron chi connectivity index (χ3n) is 4.25. The summed E-state index contributed by atoms with van der Waals surface area (Å²) in [5, 5.41) is 0. The zero-order chi connectivity index (χ0) is 20.5. The highest BCUT2D eigenvalue weighted by Crippen LogP contribution is 2.45. The fourth-order valence-corrected chi connectivity index (χ4v) is 2.82. The number of aromatic nitrogens is 1. The fraction of sp³-hybridized carbons (Fsp3) is 0.143. The summed E-state index contributed by atoms with van der Waals surface area (Å²) in [6.07, 6.45) is -5.92. The maximum atomic E-state index is 14.0. The summed E-state index contributed by atoms with van der Waals surface area (Å²) in [5.41, 5.74) is -3.45. The monoisotopic (exact) mass is 390 g/mol. The fourth-order valence-electron chi connectivity index (χ4n) is 2.82. The average molecular weight is 390 g/mol. The Hall–Kier alpha value is -2.96. The lowest BCUT2D eigenvalue weighted by atomic mass is 9.99. The van der Waals surface area contributed by atoms with Gasteiger partial charge in [-0.3, -0.25) is 4.79 Å². The van der Waals surface area contributed by atoms with Gasteiger partial charge in [-0.15, -0.1) is 0 Å². The van der Waals surface area contributed by atoms with Gasteiger partial charge >= 0.3 is 12.1 Å². The lowest BCUT2D eigenvalue weighted by Crippen LogP contribution is -2.37. The molecule has 1 aromatic heterocycles. The summed E-state index contributed by atoms with van der Waals surface area (Å²) in [7, 11) is 0. The first-order chi connectivity index (χ1) is 13.1. The second kappa shape index (κ2) is 7.22. The zero-order valence-electron chi connectivity index (χ0n) is 14.3. The normalized spacial score (nSPS) is 12.2. The second-order valence-electron chi connectivity index (χ2n) is 6.13. The molecule has 0 spiro atoms. The van der Waals surface area contributed by atoms with E-state index in [9.17, 15) is 26.7 Å². The molecule has 0 saturated heterocycles. The SMILES string of the molecule is [C]c1c(C(F)(F)C(F)(F)F)cc(-c2ccccc2)n(Cc2ccccc2)c1=O. The predicted molar refractivity (Wildman–Crippen MR) is 94.0 cm³/mol. The van der Waals surface area contributed by atoms with Gasteiger partial charge in [0.2, 0.25) is 0 Å². The summed E-state index contributed by atoms with van der Waals surface area (Å²) >= 11 is 0. The van der Waals surface area contributed by atoms with Crippen LogP contribution in [0.3, 0.4) is 0 Å². The topological polar surface area (TPSA) is 22.0 Å². The first-order valence-electron chi connectivity index (χ1n) is 8.16. The van der Waals surface area contributed by atoms with Crippen molar-refractivity contribution in [3.63, 3.8) is 0 Å². The van der Waals surface area contributed by atoms with Crippen LogP contribution in [0.4, 0.5) is 22.0 Å². The van der Waals surface area contributed by atoms with Gasteiger partial charge in [-0.2, -0.15) is 22.0 Å². The molecule has 2 aromatic carbocycles. The molecular formula is C21H13F5NO. The average Bonchev–Trinajstić information content (AvgIpc) is 2.66. The molecular weight excluding hydrogens is 377 g/mol. The summed E-state index contributed by atoms with van der Waals surface area (Å²) in [5.74, 6) is -5.32. The van der Waals surface area contributed by atoms with Crippen molar-refractivity contribution in [2.75, 3.05) is 0 Å². The highest BCUT2D eigenvalue weighted by molar-refractivity contribution is 5.62. The van der Waals surface area contributed by atoms with Gasteiger partial charge in [-0.1, -0.05) is 60.7 Å². The van der Waals surface area contributed by atoms with E-state index in [0.717, 1.165) is 4.57 Å². The van der Waals surface area contributed by atoms with Crippen molar-refractivity contribution in [1.29, 1.82) is 0 Å². The maximum absolute atomic E-state index is 14.0. The molecule has 0 aliphatic heterocycles. The molecule has 7 heteroatoms. The van der Waals surface area contributed by atoms with Crippen molar-refractivity contribution < 1.29 is 22.0 Å². The molecule has 0 bridgehead atoms. The highest BCUT2D eigenvalue weighted by atomic mass is 19.4. The number of hydrogen-bond donors (Lipinski definition) is 0. The van der Waals surface area contributed by atoms with E-state index in [1.54, 1.807) is 48.5 Å². The van der Waals surface area contributed by atoms with E-state index in [4.69, 9.17) is 6.92 Å². The Morgan fingerprint density at radius 3 is 1.93 bits per heavy atom. The Bertz CT molecular complexity index is 1020. The lowest BCUT2D eigenvalue weighted by Gasteiger charge is -2.24. The van der Waals surface area contributed by atoms with Crippen LogP contribution < -0.4 is 5.56 Å². The Morgan fingerprint density at radius 2 is 1.39 bits per heavy atom. The van der Waals surface area contributed by atoms with Crippen molar-refractivity contribution >= 4 is 0 Å². The van der Waals surface area contributed by atoms with Gasteiger partial charge in [0.05, 0.1) is 12.2 Å². The van der Waals surface area contributed by atoms with E-state index in [2.05, 4.69) is 0 Å². The molecule has 0 saturated carbocycles. The summed E-state index contributed by atoms with van der Waals surface area (Å²) < 4.78 is 67.6. The smallest absolute Gasteiger partial charge is 0.304 e. The Balaban J connectivity index is 2.28. The molecule has 2 nitrogen and oxygen atoms in total. The largest absolute Gasteiger partial charge is 0.458 e. The van der Waals surface area contributed by atoms with E-state index in [-0.39, 0.29) is 17.8 Å². The van der Waals surface area contributed by atoms with Crippen molar-refractivity contribution in [2.24, 2.45) is 0 Å². The van der Waals surface area contributed by atoms with Crippen LogP contribution in [0.15, 0.2) is 71.5 Å². The summed E-state index contributed by atoms with van der Waals surface area (Å²) in [6.45, 7) is 7.61. The van der Waals surface area contributed by atoms with Gasteiger partial charge in [0.1, 0.15) is 0 Å². The maximum Gasteiger partial charge on any atom is 0.458 e. The highest BCUT2D eigenvalue weighted by Gasteiger charge is 2.59. The number of rotatable bonds is 4. The van der Waals surface area contributed by atoms with Gasteiger partial charge in [0, 0.05) is 18.1 Å². The number of nitrogens with zero attached hydrogens (tertiary/aromatic N) is 1. The summed E-state index contributed by atoms with van der Waals surface area (Å²) in [4.78, 5) is 12.6. The molecule has 0 N–H and O–H groups in total. The molecule has 3 rings (SSSR count). The minimum Gasteiger partial charge on any atom is -0.304 e. The lowest BCUT2D eigenvalue weighted by molar-refractivity contribution is -0.289. The molecule has 0 amide bonds. The molecule has 28 heavy (non-hydrogen) atoms. The number of benzene rings is 2. The number of pyridine rings is 1. The van der Waals surface area contributed by atoms with Crippen molar-refractivity contribution in [1.82, 2.24) is 4.57 Å². The number of hydrogen-bond acceptors (Lipinski definition) is 1.